The molecule has 2 aliphatic rings. The molecule has 0 aromatic rings. The third-order valence-electron chi connectivity index (χ3n) is 4.92. The van der Waals surface area contributed by atoms with Gasteiger partial charge < -0.3 is 14.9 Å². The van der Waals surface area contributed by atoms with Crippen molar-refractivity contribution in [1.29, 1.82) is 0 Å². The van der Waals surface area contributed by atoms with Crippen LogP contribution in [0.1, 0.15) is 58.3 Å². The van der Waals surface area contributed by atoms with E-state index in [0.29, 0.717) is 25.9 Å². The van der Waals surface area contributed by atoms with Gasteiger partial charge in [0.1, 0.15) is 6.04 Å². The fourth-order valence-electron chi connectivity index (χ4n) is 3.72. The summed E-state index contributed by atoms with van der Waals surface area (Å²) in [6.45, 7) is 4.03. The number of hydrogen-bond acceptors (Lipinski definition) is 3. The number of aliphatic carboxylic acids is 1. The predicted molar refractivity (Wildman–Crippen MR) is 85.8 cm³/mol. The Balaban J connectivity index is 1.93. The highest BCUT2D eigenvalue weighted by atomic mass is 16.4. The molecule has 2 amide bonds. The summed E-state index contributed by atoms with van der Waals surface area (Å²) in [5.41, 5.74) is 0. The monoisotopic (exact) mass is 324 g/mol. The van der Waals surface area contributed by atoms with E-state index in [-0.39, 0.29) is 30.2 Å². The number of piperidine rings is 1. The van der Waals surface area contributed by atoms with Crippen LogP contribution in [-0.2, 0) is 14.4 Å². The van der Waals surface area contributed by atoms with Gasteiger partial charge in [0.05, 0.1) is 0 Å². The number of likely N-dealkylation sites (tertiary alicyclic amines) is 2. The molecule has 2 heterocycles. The molecule has 2 rings (SSSR count). The SMILES string of the molecule is CCCC(=O)N1CCCC1C(=O)N1CCCC(CCC(=O)O)C1. The number of rotatable bonds is 6. The Bertz CT molecular complexity index is 452. The van der Waals surface area contributed by atoms with Crippen molar-refractivity contribution < 1.29 is 19.5 Å². The lowest BCUT2D eigenvalue weighted by atomic mass is 9.93. The molecule has 2 unspecified atom stereocenters. The van der Waals surface area contributed by atoms with Crippen molar-refractivity contribution in [2.24, 2.45) is 5.92 Å². The summed E-state index contributed by atoms with van der Waals surface area (Å²) < 4.78 is 0. The van der Waals surface area contributed by atoms with Gasteiger partial charge >= 0.3 is 5.97 Å². The molecule has 130 valence electrons. The van der Waals surface area contributed by atoms with E-state index in [4.69, 9.17) is 5.11 Å². The number of amides is 2. The Morgan fingerprint density at radius 1 is 1.09 bits per heavy atom. The second-order valence-corrected chi connectivity index (χ2v) is 6.72. The van der Waals surface area contributed by atoms with E-state index < -0.39 is 5.97 Å². The Morgan fingerprint density at radius 2 is 1.83 bits per heavy atom. The van der Waals surface area contributed by atoms with Crippen LogP contribution in [0.5, 0.6) is 0 Å². The molecule has 2 saturated heterocycles. The van der Waals surface area contributed by atoms with Gasteiger partial charge in [-0.2, -0.15) is 0 Å². The van der Waals surface area contributed by atoms with Crippen LogP contribution >= 0.6 is 0 Å². The van der Waals surface area contributed by atoms with Crippen molar-refractivity contribution in [3.05, 3.63) is 0 Å². The number of carbonyl (C=O) groups excluding carboxylic acids is 2. The Labute approximate surface area is 137 Å². The van der Waals surface area contributed by atoms with Crippen LogP contribution in [0.25, 0.3) is 0 Å². The summed E-state index contributed by atoms with van der Waals surface area (Å²) >= 11 is 0. The van der Waals surface area contributed by atoms with Crippen LogP contribution in [0.3, 0.4) is 0 Å². The third-order valence-corrected chi connectivity index (χ3v) is 4.92. The highest BCUT2D eigenvalue weighted by Gasteiger charge is 2.37. The number of carboxylic acids is 1. The highest BCUT2D eigenvalue weighted by molar-refractivity contribution is 5.88. The normalized spacial score (nSPS) is 24.7. The fourth-order valence-corrected chi connectivity index (χ4v) is 3.72. The summed E-state index contributed by atoms with van der Waals surface area (Å²) in [5.74, 6) is -0.361. The molecule has 6 nitrogen and oxygen atoms in total. The molecular formula is C17H28N2O4. The Morgan fingerprint density at radius 3 is 2.52 bits per heavy atom. The summed E-state index contributed by atoms with van der Waals surface area (Å²) in [4.78, 5) is 39.3. The van der Waals surface area contributed by atoms with Crippen LogP contribution in [0.15, 0.2) is 0 Å². The lowest BCUT2D eigenvalue weighted by Gasteiger charge is -2.36. The van der Waals surface area contributed by atoms with Crippen molar-refractivity contribution >= 4 is 17.8 Å². The largest absolute Gasteiger partial charge is 0.481 e. The van der Waals surface area contributed by atoms with Crippen molar-refractivity contribution in [3.8, 4) is 0 Å². The first-order chi connectivity index (χ1) is 11.0. The van der Waals surface area contributed by atoms with Crippen molar-refractivity contribution in [3.63, 3.8) is 0 Å². The maximum atomic E-state index is 12.8. The van der Waals surface area contributed by atoms with Gasteiger partial charge in [-0.3, -0.25) is 14.4 Å². The van der Waals surface area contributed by atoms with E-state index in [1.54, 1.807) is 4.90 Å². The smallest absolute Gasteiger partial charge is 0.303 e. The van der Waals surface area contributed by atoms with E-state index in [1.165, 1.54) is 0 Å². The maximum absolute atomic E-state index is 12.8. The topological polar surface area (TPSA) is 77.9 Å². The van der Waals surface area contributed by atoms with Gasteiger partial charge in [0.2, 0.25) is 11.8 Å². The zero-order chi connectivity index (χ0) is 16.8. The summed E-state index contributed by atoms with van der Waals surface area (Å²) in [7, 11) is 0. The molecular weight excluding hydrogens is 296 g/mol. The van der Waals surface area contributed by atoms with Crippen LogP contribution in [0.4, 0.5) is 0 Å². The van der Waals surface area contributed by atoms with Gasteiger partial charge in [0.25, 0.3) is 0 Å². The summed E-state index contributed by atoms with van der Waals surface area (Å²) in [6, 6.07) is -0.299. The van der Waals surface area contributed by atoms with E-state index in [1.807, 2.05) is 11.8 Å². The minimum Gasteiger partial charge on any atom is -0.481 e. The van der Waals surface area contributed by atoms with E-state index in [2.05, 4.69) is 0 Å². The van der Waals surface area contributed by atoms with Gasteiger partial charge in [-0.1, -0.05) is 6.92 Å². The van der Waals surface area contributed by atoms with Crippen LogP contribution in [-0.4, -0.2) is 58.4 Å². The van der Waals surface area contributed by atoms with E-state index in [9.17, 15) is 14.4 Å². The quantitative estimate of drug-likeness (QED) is 0.809. The van der Waals surface area contributed by atoms with Crippen molar-refractivity contribution in [2.75, 3.05) is 19.6 Å². The molecule has 0 aromatic heterocycles. The number of carboxylic acid groups (broad SMARTS) is 1. The first-order valence-electron chi connectivity index (χ1n) is 8.83. The number of carbonyl (C=O) groups is 3. The predicted octanol–water partition coefficient (Wildman–Crippen LogP) is 1.88. The van der Waals surface area contributed by atoms with E-state index >= 15 is 0 Å². The third kappa shape index (κ3) is 4.69. The summed E-state index contributed by atoms with van der Waals surface area (Å²) in [5, 5.41) is 8.81. The molecule has 2 fully saturated rings. The maximum Gasteiger partial charge on any atom is 0.303 e. The average Bonchev–Trinajstić information content (AvgIpc) is 3.02. The van der Waals surface area contributed by atoms with Gasteiger partial charge in [0.15, 0.2) is 0 Å². The number of hydrogen-bond donors (Lipinski definition) is 1. The molecule has 0 spiro atoms. The minimum absolute atomic E-state index is 0.0620. The lowest BCUT2D eigenvalue weighted by Crippen LogP contribution is -2.50. The zero-order valence-electron chi connectivity index (χ0n) is 14.0. The van der Waals surface area contributed by atoms with Gasteiger partial charge in [-0.05, 0) is 44.4 Å². The molecule has 6 heteroatoms. The van der Waals surface area contributed by atoms with E-state index in [0.717, 1.165) is 38.6 Å². The van der Waals surface area contributed by atoms with Crippen LogP contribution in [0, 0.1) is 5.92 Å². The molecule has 0 aromatic carbocycles. The van der Waals surface area contributed by atoms with Crippen molar-refractivity contribution in [1.82, 2.24) is 9.80 Å². The Kier molecular flexibility index (Phi) is 6.42. The van der Waals surface area contributed by atoms with Gasteiger partial charge in [-0.25, -0.2) is 0 Å². The minimum atomic E-state index is -0.777. The highest BCUT2D eigenvalue weighted by Crippen LogP contribution is 2.25. The molecule has 2 aliphatic heterocycles. The zero-order valence-corrected chi connectivity index (χ0v) is 14.0. The van der Waals surface area contributed by atoms with Crippen LogP contribution < -0.4 is 0 Å². The first kappa shape index (κ1) is 17.8. The Hall–Kier alpha value is -1.59. The number of nitrogens with zero attached hydrogens (tertiary/aromatic N) is 2. The molecule has 0 bridgehead atoms. The average molecular weight is 324 g/mol. The summed E-state index contributed by atoms with van der Waals surface area (Å²) in [6.07, 6.45) is 5.65. The fraction of sp³-hybridized carbons (Fsp3) is 0.824. The second kappa shape index (κ2) is 8.31. The van der Waals surface area contributed by atoms with Gasteiger partial charge in [-0.15, -0.1) is 0 Å². The molecule has 0 saturated carbocycles. The second-order valence-electron chi connectivity index (χ2n) is 6.72. The standard InChI is InChI=1S/C17H28N2O4/c1-2-5-15(20)19-11-4-7-14(19)17(23)18-10-3-6-13(12-18)8-9-16(21)22/h13-14H,2-12H2,1H3,(H,21,22). The molecule has 2 atom stereocenters. The van der Waals surface area contributed by atoms with Crippen molar-refractivity contribution in [2.45, 2.75) is 64.3 Å². The van der Waals surface area contributed by atoms with Crippen LogP contribution in [0.2, 0.25) is 0 Å². The molecule has 0 aliphatic carbocycles. The first-order valence-corrected chi connectivity index (χ1v) is 8.83. The molecule has 0 radical (unpaired) electrons. The van der Waals surface area contributed by atoms with Gasteiger partial charge in [0, 0.05) is 32.5 Å². The molecule has 23 heavy (non-hydrogen) atoms. The molecule has 1 N–H and O–H groups in total. The lowest BCUT2D eigenvalue weighted by molar-refractivity contribution is -0.145.